The molecule has 0 aliphatic carbocycles. The van der Waals surface area contributed by atoms with Crippen LogP contribution < -0.4 is 8.92 Å². The second-order valence-corrected chi connectivity index (χ2v) is 9.59. The molecule has 0 heterocycles. The first-order chi connectivity index (χ1) is 11.3. The van der Waals surface area contributed by atoms with Gasteiger partial charge in [0.1, 0.15) is 0 Å². The van der Waals surface area contributed by atoms with Crippen LogP contribution in [-0.2, 0) is 0 Å². The Bertz CT molecular complexity index is 766. The predicted molar refractivity (Wildman–Crippen MR) is 103 cm³/mol. The summed E-state index contributed by atoms with van der Waals surface area (Å²) in [4.78, 5) is 2.42. The fourth-order valence-corrected chi connectivity index (χ4v) is 6.41. The molecule has 0 fully saturated rings. The Labute approximate surface area is 154 Å². The van der Waals surface area contributed by atoms with E-state index in [2.05, 4.69) is 77.8 Å². The third-order valence-electron chi connectivity index (χ3n) is 3.15. The van der Waals surface area contributed by atoms with Gasteiger partial charge >= 0.3 is 155 Å². The molecule has 0 aromatic heterocycles. The van der Waals surface area contributed by atoms with Crippen LogP contribution in [0.5, 0.6) is 0 Å². The van der Waals surface area contributed by atoms with Gasteiger partial charge in [-0.05, 0) is 0 Å². The Morgan fingerprint density at radius 1 is 0.696 bits per heavy atom. The molecule has 0 aliphatic heterocycles. The van der Waals surface area contributed by atoms with E-state index in [1.807, 2.05) is 12.1 Å². The molecule has 3 aromatic rings. The van der Waals surface area contributed by atoms with Crippen LogP contribution in [0.1, 0.15) is 5.56 Å². The van der Waals surface area contributed by atoms with Gasteiger partial charge in [-0.1, -0.05) is 0 Å². The molecule has 0 saturated heterocycles. The number of rotatable bonds is 5. The molecule has 0 saturated carbocycles. The van der Waals surface area contributed by atoms with Gasteiger partial charge in [0.2, 0.25) is 0 Å². The van der Waals surface area contributed by atoms with Gasteiger partial charge in [-0.15, -0.1) is 0 Å². The average Bonchev–Trinajstić information content (AvgIpc) is 2.61. The summed E-state index contributed by atoms with van der Waals surface area (Å²) in [5.41, 5.74) is 1.27. The van der Waals surface area contributed by atoms with E-state index in [4.69, 9.17) is 11.6 Å². The summed E-state index contributed by atoms with van der Waals surface area (Å²) in [7, 11) is 0. The molecule has 0 aliphatic rings. The van der Waals surface area contributed by atoms with Crippen LogP contribution in [-0.4, -0.2) is 29.9 Å². The zero-order valence-electron chi connectivity index (χ0n) is 12.4. The first-order valence-electron chi connectivity index (χ1n) is 7.22. The van der Waals surface area contributed by atoms with Crippen molar-refractivity contribution in [2.45, 2.75) is 0 Å². The molecule has 3 aromatic carbocycles. The van der Waals surface area contributed by atoms with Crippen LogP contribution in [0.25, 0.3) is 4.47 Å². The summed E-state index contributed by atoms with van der Waals surface area (Å²) >= 11 is 6.68. The van der Waals surface area contributed by atoms with E-state index in [-0.39, 0.29) is 0 Å². The summed E-state index contributed by atoms with van der Waals surface area (Å²) < 4.78 is 4.21. The van der Waals surface area contributed by atoms with Gasteiger partial charge in [0, 0.05) is 0 Å². The van der Waals surface area contributed by atoms with E-state index >= 15 is 0 Å². The zero-order chi connectivity index (χ0) is 15.9. The van der Waals surface area contributed by atoms with Crippen molar-refractivity contribution >= 4 is 54.9 Å². The molecule has 0 spiro atoms. The monoisotopic (exact) mass is 450 g/mol. The van der Waals surface area contributed by atoms with Gasteiger partial charge in [-0.25, -0.2) is 0 Å². The van der Waals surface area contributed by atoms with E-state index in [0.717, 1.165) is 5.02 Å². The number of hydrogen-bond acceptors (Lipinski definition) is 0. The first-order valence-corrected chi connectivity index (χ1v) is 11.2. The van der Waals surface area contributed by atoms with Gasteiger partial charge in [-0.3, -0.25) is 0 Å². The Morgan fingerprint density at radius 2 is 1.26 bits per heavy atom. The number of halogens is 1. The second-order valence-electron chi connectivity index (χ2n) is 4.84. The van der Waals surface area contributed by atoms with Gasteiger partial charge in [0.05, 0.1) is 0 Å². The van der Waals surface area contributed by atoms with Crippen LogP contribution in [0.15, 0.2) is 89.9 Å². The molecule has 3 heteroatoms. The van der Waals surface area contributed by atoms with Crippen LogP contribution in [0, 0.1) is 0 Å². The quantitative estimate of drug-likeness (QED) is 0.522. The SMILES string of the molecule is Clc1ccc(/C(=C\[Se]c2ccccc2)[Se]c2ccccc2)cc1. The van der Waals surface area contributed by atoms with Crippen molar-refractivity contribution in [3.8, 4) is 0 Å². The van der Waals surface area contributed by atoms with Crippen LogP contribution in [0.4, 0.5) is 0 Å². The summed E-state index contributed by atoms with van der Waals surface area (Å²) in [5, 5.41) is 0.786. The molecular formula is C20H15ClSe2. The Morgan fingerprint density at radius 3 is 1.87 bits per heavy atom. The van der Waals surface area contributed by atoms with Crippen molar-refractivity contribution < 1.29 is 0 Å². The van der Waals surface area contributed by atoms with E-state index in [1.54, 1.807) is 0 Å². The van der Waals surface area contributed by atoms with Crippen molar-refractivity contribution in [3.63, 3.8) is 0 Å². The molecule has 3 rings (SSSR count). The standard InChI is InChI=1S/C20H15ClSe2/c21-17-13-11-16(12-14-17)20(23-19-9-5-2-6-10-19)15-22-18-7-3-1-4-8-18/h1-15H/b20-15+. The Balaban J connectivity index is 1.87. The molecule has 114 valence electrons. The second kappa shape index (κ2) is 8.54. The minimum absolute atomic E-state index is 0.297. The maximum atomic E-state index is 6.04. The van der Waals surface area contributed by atoms with Gasteiger partial charge < -0.3 is 0 Å². The third kappa shape index (κ3) is 5.11. The molecule has 0 radical (unpaired) electrons. The molecule has 0 N–H and O–H groups in total. The van der Waals surface area contributed by atoms with Crippen molar-refractivity contribution in [2.75, 3.05) is 0 Å². The van der Waals surface area contributed by atoms with Crippen molar-refractivity contribution in [3.05, 3.63) is 100 Å². The summed E-state index contributed by atoms with van der Waals surface area (Å²) in [5.74, 6) is 0. The van der Waals surface area contributed by atoms with E-state index in [1.165, 1.54) is 19.0 Å². The Kier molecular flexibility index (Phi) is 6.16. The van der Waals surface area contributed by atoms with E-state index < -0.39 is 0 Å². The van der Waals surface area contributed by atoms with Crippen molar-refractivity contribution in [1.29, 1.82) is 0 Å². The third-order valence-corrected chi connectivity index (χ3v) is 8.31. The molecule has 23 heavy (non-hydrogen) atoms. The van der Waals surface area contributed by atoms with Crippen LogP contribution in [0.3, 0.4) is 0 Å². The Hall–Kier alpha value is -1.27. The summed E-state index contributed by atoms with van der Waals surface area (Å²) in [6, 6.07) is 29.6. The fraction of sp³-hybridized carbons (Fsp3) is 0. The molecular weight excluding hydrogens is 434 g/mol. The number of hydrogen-bond donors (Lipinski definition) is 0. The molecule has 0 amide bonds. The summed E-state index contributed by atoms with van der Waals surface area (Å²) in [6.07, 6.45) is 0. The molecule has 0 nitrogen and oxygen atoms in total. The van der Waals surface area contributed by atoms with Gasteiger partial charge in [-0.2, -0.15) is 0 Å². The first kappa shape index (κ1) is 16.6. The normalized spacial score (nSPS) is 11.4. The van der Waals surface area contributed by atoms with Crippen molar-refractivity contribution in [2.24, 2.45) is 0 Å². The molecule has 0 atom stereocenters. The average molecular weight is 449 g/mol. The van der Waals surface area contributed by atoms with Crippen LogP contribution >= 0.6 is 11.6 Å². The predicted octanol–water partition coefficient (Wildman–Crippen LogP) is 3.70. The number of benzene rings is 3. The topological polar surface area (TPSA) is 0 Å². The molecule has 0 unspecified atom stereocenters. The summed E-state index contributed by atoms with van der Waals surface area (Å²) in [6.45, 7) is 0. The zero-order valence-corrected chi connectivity index (χ0v) is 16.5. The van der Waals surface area contributed by atoms with Gasteiger partial charge in [0.15, 0.2) is 0 Å². The van der Waals surface area contributed by atoms with Crippen molar-refractivity contribution in [1.82, 2.24) is 0 Å². The maximum absolute atomic E-state index is 6.04. The van der Waals surface area contributed by atoms with Gasteiger partial charge in [0.25, 0.3) is 0 Å². The molecule has 0 bridgehead atoms. The van der Waals surface area contributed by atoms with E-state index in [9.17, 15) is 0 Å². The fourth-order valence-electron chi connectivity index (χ4n) is 2.00. The minimum atomic E-state index is 0.297. The van der Waals surface area contributed by atoms with Crippen LogP contribution in [0.2, 0.25) is 5.02 Å². The van der Waals surface area contributed by atoms with E-state index in [0.29, 0.717) is 29.9 Å².